The third-order valence-corrected chi connectivity index (χ3v) is 3.13. The van der Waals surface area contributed by atoms with Crippen LogP contribution in [0.3, 0.4) is 0 Å². The molecular formula is C12H9ClF3N. The summed E-state index contributed by atoms with van der Waals surface area (Å²) < 4.78 is 38.1. The molecule has 0 amide bonds. The molecule has 0 radical (unpaired) electrons. The van der Waals surface area contributed by atoms with E-state index in [4.69, 9.17) is 11.6 Å². The second-order valence-electron chi connectivity index (χ2n) is 3.94. The Bertz CT molecular complexity index is 590. The number of rotatable bonds is 0. The van der Waals surface area contributed by atoms with Crippen LogP contribution in [-0.4, -0.2) is 4.98 Å². The average molecular weight is 260 g/mol. The molecule has 0 unspecified atom stereocenters. The number of halogens is 4. The van der Waals surface area contributed by atoms with Gasteiger partial charge in [-0.1, -0.05) is 11.6 Å². The minimum Gasteiger partial charge on any atom is -0.256 e. The van der Waals surface area contributed by atoms with E-state index in [0.717, 1.165) is 11.6 Å². The average Bonchev–Trinajstić information content (AvgIpc) is 2.22. The van der Waals surface area contributed by atoms with Crippen molar-refractivity contribution in [3.63, 3.8) is 0 Å². The highest BCUT2D eigenvalue weighted by Gasteiger charge is 2.32. The van der Waals surface area contributed by atoms with Crippen LogP contribution in [0.2, 0.25) is 5.02 Å². The molecule has 1 heterocycles. The molecule has 5 heteroatoms. The van der Waals surface area contributed by atoms with Gasteiger partial charge in [0.25, 0.3) is 0 Å². The van der Waals surface area contributed by atoms with E-state index in [0.29, 0.717) is 10.4 Å². The first-order valence-electron chi connectivity index (χ1n) is 4.93. The Morgan fingerprint density at radius 1 is 1.12 bits per heavy atom. The number of benzene rings is 1. The number of nitrogens with zero attached hydrogens (tertiary/aromatic N) is 1. The Kier molecular flexibility index (Phi) is 2.78. The highest BCUT2D eigenvalue weighted by atomic mass is 35.5. The lowest BCUT2D eigenvalue weighted by Gasteiger charge is -2.12. The largest absolute Gasteiger partial charge is 0.416 e. The summed E-state index contributed by atoms with van der Waals surface area (Å²) in [7, 11) is 0. The van der Waals surface area contributed by atoms with Crippen LogP contribution in [-0.2, 0) is 6.18 Å². The van der Waals surface area contributed by atoms with Crippen LogP contribution in [0.4, 0.5) is 13.2 Å². The summed E-state index contributed by atoms with van der Waals surface area (Å²) in [5.74, 6) is 0. The van der Waals surface area contributed by atoms with Crippen LogP contribution in [0.15, 0.2) is 18.3 Å². The Morgan fingerprint density at radius 2 is 1.76 bits per heavy atom. The number of pyridine rings is 1. The minimum absolute atomic E-state index is 0.152. The molecule has 2 rings (SSSR count). The molecule has 1 aromatic heterocycles. The minimum atomic E-state index is -4.36. The van der Waals surface area contributed by atoms with Gasteiger partial charge in [0, 0.05) is 11.6 Å². The zero-order chi connectivity index (χ0) is 12.8. The normalized spacial score (nSPS) is 12.1. The topological polar surface area (TPSA) is 12.9 Å². The molecule has 1 nitrogen and oxygen atoms in total. The molecule has 17 heavy (non-hydrogen) atoms. The van der Waals surface area contributed by atoms with E-state index in [1.807, 2.05) is 0 Å². The lowest BCUT2D eigenvalue weighted by molar-refractivity contribution is -0.137. The van der Waals surface area contributed by atoms with Gasteiger partial charge in [0.2, 0.25) is 0 Å². The number of hydrogen-bond donors (Lipinski definition) is 0. The fourth-order valence-corrected chi connectivity index (χ4v) is 1.92. The van der Waals surface area contributed by atoms with Crippen molar-refractivity contribution in [2.75, 3.05) is 0 Å². The van der Waals surface area contributed by atoms with E-state index in [2.05, 4.69) is 4.98 Å². The van der Waals surface area contributed by atoms with Crippen molar-refractivity contribution in [1.82, 2.24) is 4.98 Å². The SMILES string of the molecule is Cc1cc2c(Cl)c(C)cnc2cc1C(F)(F)F. The molecule has 0 bridgehead atoms. The fourth-order valence-electron chi connectivity index (χ4n) is 1.72. The highest BCUT2D eigenvalue weighted by Crippen LogP contribution is 2.35. The Morgan fingerprint density at radius 3 is 2.35 bits per heavy atom. The Hall–Kier alpha value is -1.29. The van der Waals surface area contributed by atoms with Crippen LogP contribution in [0.25, 0.3) is 10.9 Å². The molecule has 0 aliphatic rings. The molecule has 0 saturated carbocycles. The lowest BCUT2D eigenvalue weighted by atomic mass is 10.0. The maximum Gasteiger partial charge on any atom is 0.416 e. The van der Waals surface area contributed by atoms with E-state index in [9.17, 15) is 13.2 Å². The summed E-state index contributed by atoms with van der Waals surface area (Å²) in [5, 5.41) is 1.00. The van der Waals surface area contributed by atoms with Gasteiger partial charge in [-0.3, -0.25) is 4.98 Å². The van der Waals surface area contributed by atoms with Gasteiger partial charge in [-0.25, -0.2) is 0 Å². The Balaban J connectivity index is 2.80. The van der Waals surface area contributed by atoms with Crippen LogP contribution in [0.5, 0.6) is 0 Å². The van der Waals surface area contributed by atoms with Gasteiger partial charge in [-0.15, -0.1) is 0 Å². The maximum absolute atomic E-state index is 12.7. The smallest absolute Gasteiger partial charge is 0.256 e. The molecule has 0 N–H and O–H groups in total. The zero-order valence-corrected chi connectivity index (χ0v) is 9.95. The first-order chi connectivity index (χ1) is 7.80. The van der Waals surface area contributed by atoms with Gasteiger partial charge in [0.1, 0.15) is 0 Å². The predicted molar refractivity (Wildman–Crippen MR) is 61.2 cm³/mol. The van der Waals surface area contributed by atoms with Gasteiger partial charge >= 0.3 is 6.18 Å². The van der Waals surface area contributed by atoms with Crippen molar-refractivity contribution in [2.24, 2.45) is 0 Å². The molecule has 0 atom stereocenters. The predicted octanol–water partition coefficient (Wildman–Crippen LogP) is 4.52. The molecule has 0 spiro atoms. The van der Waals surface area contributed by atoms with Crippen molar-refractivity contribution in [3.05, 3.63) is 40.0 Å². The van der Waals surface area contributed by atoms with Crippen molar-refractivity contribution >= 4 is 22.5 Å². The van der Waals surface area contributed by atoms with Gasteiger partial charge in [-0.2, -0.15) is 13.2 Å². The molecule has 1 aromatic carbocycles. The quantitative estimate of drug-likeness (QED) is 0.678. The summed E-state index contributed by atoms with van der Waals surface area (Å²) in [4.78, 5) is 3.97. The second kappa shape index (κ2) is 3.88. The second-order valence-corrected chi connectivity index (χ2v) is 4.32. The van der Waals surface area contributed by atoms with E-state index in [1.54, 1.807) is 6.92 Å². The van der Waals surface area contributed by atoms with Crippen molar-refractivity contribution in [1.29, 1.82) is 0 Å². The fraction of sp³-hybridized carbons (Fsp3) is 0.250. The monoisotopic (exact) mass is 259 g/mol. The van der Waals surface area contributed by atoms with Crippen LogP contribution < -0.4 is 0 Å². The number of aryl methyl sites for hydroxylation is 2. The summed E-state index contributed by atoms with van der Waals surface area (Å²) in [6.45, 7) is 3.18. The van der Waals surface area contributed by atoms with E-state index < -0.39 is 11.7 Å². The number of aromatic nitrogens is 1. The molecule has 0 saturated heterocycles. The van der Waals surface area contributed by atoms with E-state index in [-0.39, 0.29) is 11.1 Å². The third-order valence-electron chi connectivity index (χ3n) is 2.63. The van der Waals surface area contributed by atoms with Crippen LogP contribution in [0, 0.1) is 13.8 Å². The molecule has 0 aliphatic heterocycles. The molecule has 0 aliphatic carbocycles. The number of fused-ring (bicyclic) bond motifs is 1. The highest BCUT2D eigenvalue weighted by molar-refractivity contribution is 6.36. The number of hydrogen-bond acceptors (Lipinski definition) is 1. The van der Waals surface area contributed by atoms with Crippen LogP contribution >= 0.6 is 11.6 Å². The molecule has 2 aromatic rings. The summed E-state index contributed by atoms with van der Waals surface area (Å²) in [6, 6.07) is 2.47. The van der Waals surface area contributed by atoms with E-state index in [1.165, 1.54) is 19.2 Å². The van der Waals surface area contributed by atoms with Gasteiger partial charge in [0.05, 0.1) is 16.1 Å². The molecule has 0 fully saturated rings. The maximum atomic E-state index is 12.7. The lowest BCUT2D eigenvalue weighted by Crippen LogP contribution is -2.07. The summed E-state index contributed by atoms with van der Waals surface area (Å²) in [5.41, 5.74) is 0.494. The first kappa shape index (κ1) is 12.2. The summed E-state index contributed by atoms with van der Waals surface area (Å²) >= 11 is 6.04. The van der Waals surface area contributed by atoms with Crippen molar-refractivity contribution < 1.29 is 13.2 Å². The Labute approximate surface area is 101 Å². The van der Waals surface area contributed by atoms with E-state index >= 15 is 0 Å². The van der Waals surface area contributed by atoms with Gasteiger partial charge in [0.15, 0.2) is 0 Å². The van der Waals surface area contributed by atoms with Crippen LogP contribution in [0.1, 0.15) is 16.7 Å². The standard InChI is InChI=1S/C12H9ClF3N/c1-6-3-8-10(4-9(6)12(14,15)16)17-5-7(2)11(8)13/h3-5H,1-2H3. The number of alkyl halides is 3. The first-order valence-corrected chi connectivity index (χ1v) is 5.31. The van der Waals surface area contributed by atoms with Crippen molar-refractivity contribution in [2.45, 2.75) is 20.0 Å². The van der Waals surface area contributed by atoms with Crippen molar-refractivity contribution in [3.8, 4) is 0 Å². The molecule has 90 valence electrons. The zero-order valence-electron chi connectivity index (χ0n) is 9.19. The van der Waals surface area contributed by atoms with Gasteiger partial charge in [-0.05, 0) is 37.1 Å². The molecular weight excluding hydrogens is 251 g/mol. The van der Waals surface area contributed by atoms with Gasteiger partial charge < -0.3 is 0 Å². The summed E-state index contributed by atoms with van der Waals surface area (Å²) in [6.07, 6.45) is -2.89. The third kappa shape index (κ3) is 2.09.